The number of fused-ring (bicyclic) bond motifs is 1. The highest BCUT2D eigenvalue weighted by molar-refractivity contribution is 5.53. The Morgan fingerprint density at radius 2 is 2.18 bits per heavy atom. The third-order valence-corrected chi connectivity index (χ3v) is 3.21. The lowest BCUT2D eigenvalue weighted by molar-refractivity contribution is 0.571. The van der Waals surface area contributed by atoms with E-state index in [-0.39, 0.29) is 0 Å². The molecular formula is C13H15N3O. The lowest BCUT2D eigenvalue weighted by atomic mass is 10.1. The zero-order valence-corrected chi connectivity index (χ0v) is 10.1. The van der Waals surface area contributed by atoms with Crippen molar-refractivity contribution in [3.8, 4) is 11.6 Å². The molecule has 4 heteroatoms. The van der Waals surface area contributed by atoms with Crippen LogP contribution in [0.15, 0.2) is 16.7 Å². The Hall–Kier alpha value is -1.68. The summed E-state index contributed by atoms with van der Waals surface area (Å²) in [6.07, 6.45) is 2.65. The monoisotopic (exact) mass is 229 g/mol. The van der Waals surface area contributed by atoms with E-state index in [1.165, 1.54) is 5.56 Å². The minimum absolute atomic E-state index is 0.714. The van der Waals surface area contributed by atoms with E-state index in [4.69, 9.17) is 4.42 Å². The molecule has 1 aliphatic rings. The summed E-state index contributed by atoms with van der Waals surface area (Å²) in [6.45, 7) is 5.91. The smallest absolute Gasteiger partial charge is 0.196 e. The summed E-state index contributed by atoms with van der Waals surface area (Å²) in [6, 6.07) is 1.94. The molecule has 0 fully saturated rings. The van der Waals surface area contributed by atoms with E-state index in [1.54, 1.807) is 6.26 Å². The van der Waals surface area contributed by atoms with Crippen LogP contribution in [0, 0.1) is 13.8 Å². The number of hydrogen-bond acceptors (Lipinski definition) is 4. The van der Waals surface area contributed by atoms with Gasteiger partial charge >= 0.3 is 0 Å². The van der Waals surface area contributed by atoms with Gasteiger partial charge in [-0.05, 0) is 25.5 Å². The molecule has 2 aromatic heterocycles. The van der Waals surface area contributed by atoms with Crippen LogP contribution in [0.1, 0.15) is 22.5 Å². The molecular weight excluding hydrogens is 214 g/mol. The molecule has 3 rings (SSSR count). The van der Waals surface area contributed by atoms with Gasteiger partial charge in [0.15, 0.2) is 11.6 Å². The number of furan rings is 1. The average molecular weight is 229 g/mol. The van der Waals surface area contributed by atoms with Crippen molar-refractivity contribution >= 4 is 0 Å². The molecule has 88 valence electrons. The number of nitrogens with one attached hydrogen (secondary N) is 1. The average Bonchev–Trinajstić information content (AvgIpc) is 2.75. The van der Waals surface area contributed by atoms with Crippen LogP contribution in [0.3, 0.4) is 0 Å². The molecule has 0 unspecified atom stereocenters. The van der Waals surface area contributed by atoms with E-state index in [0.717, 1.165) is 42.2 Å². The summed E-state index contributed by atoms with van der Waals surface area (Å²) in [7, 11) is 0. The minimum atomic E-state index is 0.714. The first-order valence-electron chi connectivity index (χ1n) is 5.87. The van der Waals surface area contributed by atoms with Gasteiger partial charge in [-0.3, -0.25) is 0 Å². The van der Waals surface area contributed by atoms with Crippen molar-refractivity contribution in [3.05, 3.63) is 34.8 Å². The molecule has 4 nitrogen and oxygen atoms in total. The molecule has 17 heavy (non-hydrogen) atoms. The van der Waals surface area contributed by atoms with Gasteiger partial charge in [-0.2, -0.15) is 0 Å². The largest absolute Gasteiger partial charge is 0.461 e. The third kappa shape index (κ3) is 1.74. The second-order valence-corrected chi connectivity index (χ2v) is 4.42. The lowest BCUT2D eigenvalue weighted by Gasteiger charge is -2.18. The van der Waals surface area contributed by atoms with Crippen LogP contribution in [-0.2, 0) is 13.0 Å². The second-order valence-electron chi connectivity index (χ2n) is 4.42. The maximum atomic E-state index is 5.46. The lowest BCUT2D eigenvalue weighted by Crippen LogP contribution is -2.26. The third-order valence-electron chi connectivity index (χ3n) is 3.21. The molecule has 0 bridgehead atoms. The van der Waals surface area contributed by atoms with Crippen LogP contribution in [-0.4, -0.2) is 16.5 Å². The van der Waals surface area contributed by atoms with E-state index < -0.39 is 0 Å². The summed E-state index contributed by atoms with van der Waals surface area (Å²) >= 11 is 0. The molecule has 0 atom stereocenters. The molecule has 0 radical (unpaired) electrons. The van der Waals surface area contributed by atoms with E-state index in [2.05, 4.69) is 15.3 Å². The van der Waals surface area contributed by atoms with Crippen molar-refractivity contribution in [1.29, 1.82) is 0 Å². The number of aromatic nitrogens is 2. The van der Waals surface area contributed by atoms with Crippen LogP contribution in [0.4, 0.5) is 0 Å². The van der Waals surface area contributed by atoms with Crippen molar-refractivity contribution in [2.75, 3.05) is 6.54 Å². The standard InChI is InChI=1S/C13H15N3O/c1-8-4-6-17-12(8)13-15-9(2)10-7-14-5-3-11(10)16-13/h4,6,14H,3,5,7H2,1-2H3. The summed E-state index contributed by atoms with van der Waals surface area (Å²) in [4.78, 5) is 9.18. The van der Waals surface area contributed by atoms with Crippen LogP contribution in [0.2, 0.25) is 0 Å². The normalized spacial score (nSPS) is 14.7. The zero-order valence-electron chi connectivity index (χ0n) is 10.1. The molecule has 0 saturated carbocycles. The maximum Gasteiger partial charge on any atom is 0.196 e. The highest BCUT2D eigenvalue weighted by Crippen LogP contribution is 2.24. The van der Waals surface area contributed by atoms with Gasteiger partial charge in [-0.1, -0.05) is 0 Å². The van der Waals surface area contributed by atoms with Crippen molar-refractivity contribution in [3.63, 3.8) is 0 Å². The first kappa shape index (κ1) is 10.5. The van der Waals surface area contributed by atoms with Crippen LogP contribution in [0.5, 0.6) is 0 Å². The Morgan fingerprint density at radius 1 is 1.29 bits per heavy atom. The van der Waals surface area contributed by atoms with E-state index in [9.17, 15) is 0 Å². The number of aryl methyl sites for hydroxylation is 2. The molecule has 0 aliphatic carbocycles. The SMILES string of the molecule is Cc1ccoc1-c1nc(C)c2c(n1)CCNC2. The molecule has 3 heterocycles. The van der Waals surface area contributed by atoms with E-state index in [0.29, 0.717) is 5.82 Å². The zero-order chi connectivity index (χ0) is 11.8. The molecule has 2 aromatic rings. The fourth-order valence-corrected chi connectivity index (χ4v) is 2.22. The molecule has 0 saturated heterocycles. The fourth-order valence-electron chi connectivity index (χ4n) is 2.22. The van der Waals surface area contributed by atoms with Crippen LogP contribution < -0.4 is 5.32 Å². The van der Waals surface area contributed by atoms with Gasteiger partial charge in [-0.25, -0.2) is 9.97 Å². The summed E-state index contributed by atoms with van der Waals surface area (Å²) in [5, 5.41) is 3.34. The first-order chi connectivity index (χ1) is 8.25. The van der Waals surface area contributed by atoms with Crippen LogP contribution in [0.25, 0.3) is 11.6 Å². The highest BCUT2D eigenvalue weighted by atomic mass is 16.3. The summed E-state index contributed by atoms with van der Waals surface area (Å²) in [5.41, 5.74) is 4.53. The van der Waals surface area contributed by atoms with Gasteiger partial charge in [0, 0.05) is 30.8 Å². The predicted molar refractivity (Wildman–Crippen MR) is 64.6 cm³/mol. The maximum absolute atomic E-state index is 5.46. The molecule has 1 N–H and O–H groups in total. The Labute approximate surface area is 100 Å². The van der Waals surface area contributed by atoms with Crippen LogP contribution >= 0.6 is 0 Å². The molecule has 0 aromatic carbocycles. The van der Waals surface area contributed by atoms with E-state index in [1.807, 2.05) is 19.9 Å². The van der Waals surface area contributed by atoms with Crippen molar-refractivity contribution in [2.45, 2.75) is 26.8 Å². The summed E-state index contributed by atoms with van der Waals surface area (Å²) < 4.78 is 5.46. The molecule has 0 amide bonds. The molecule has 1 aliphatic heterocycles. The van der Waals surface area contributed by atoms with Gasteiger partial charge in [0.05, 0.1) is 12.0 Å². The van der Waals surface area contributed by atoms with Gasteiger partial charge in [-0.15, -0.1) is 0 Å². The van der Waals surface area contributed by atoms with Crippen molar-refractivity contribution in [1.82, 2.24) is 15.3 Å². The van der Waals surface area contributed by atoms with Gasteiger partial charge in [0.25, 0.3) is 0 Å². The molecule has 0 spiro atoms. The van der Waals surface area contributed by atoms with Crippen molar-refractivity contribution < 1.29 is 4.42 Å². The van der Waals surface area contributed by atoms with E-state index >= 15 is 0 Å². The first-order valence-corrected chi connectivity index (χ1v) is 5.87. The minimum Gasteiger partial charge on any atom is -0.461 e. The Bertz CT molecular complexity index is 560. The number of rotatable bonds is 1. The highest BCUT2D eigenvalue weighted by Gasteiger charge is 2.17. The topological polar surface area (TPSA) is 51.0 Å². The predicted octanol–water partition coefficient (Wildman–Crippen LogP) is 2.00. The quantitative estimate of drug-likeness (QED) is 0.812. The number of nitrogens with zero attached hydrogens (tertiary/aromatic N) is 2. The second kappa shape index (κ2) is 3.96. The Balaban J connectivity index is 2.14. The Kier molecular flexibility index (Phi) is 2.44. The van der Waals surface area contributed by atoms with Gasteiger partial charge in [0.1, 0.15) is 0 Å². The number of hydrogen-bond donors (Lipinski definition) is 1. The van der Waals surface area contributed by atoms with Gasteiger partial charge < -0.3 is 9.73 Å². The Morgan fingerprint density at radius 3 is 2.94 bits per heavy atom. The van der Waals surface area contributed by atoms with Gasteiger partial charge in [0.2, 0.25) is 0 Å². The summed E-state index contributed by atoms with van der Waals surface area (Å²) in [5.74, 6) is 1.50. The fraction of sp³-hybridized carbons (Fsp3) is 0.385. The van der Waals surface area contributed by atoms with Crippen molar-refractivity contribution in [2.24, 2.45) is 0 Å².